The lowest BCUT2D eigenvalue weighted by Gasteiger charge is -2.30. The largest absolute Gasteiger partial charge is 0.488 e. The molecule has 1 aliphatic rings. The third-order valence-corrected chi connectivity index (χ3v) is 6.95. The molecule has 1 amide bonds. The molecule has 0 saturated carbocycles. The van der Waals surface area contributed by atoms with Gasteiger partial charge in [0.15, 0.2) is 11.7 Å². The summed E-state index contributed by atoms with van der Waals surface area (Å²) in [6.07, 6.45) is 1.46. The number of halogens is 1. The number of para-hydroxylation sites is 1. The highest BCUT2D eigenvalue weighted by Crippen LogP contribution is 2.33. The Morgan fingerprint density at radius 3 is 2.67 bits per heavy atom. The smallest absolute Gasteiger partial charge is 0.338 e. The molecule has 3 aromatic rings. The zero-order chi connectivity index (χ0) is 30.8. The lowest BCUT2D eigenvalue weighted by Crippen LogP contribution is -2.45. The first-order valence-corrected chi connectivity index (χ1v) is 14.4. The molecule has 0 fully saturated rings. The molecule has 3 aromatic carbocycles. The minimum atomic E-state index is -0.639. The molecule has 12 heteroatoms. The number of hydrogen-bond acceptors (Lipinski definition) is 8. The van der Waals surface area contributed by atoms with E-state index >= 15 is 0 Å². The number of amides is 1. The van der Waals surface area contributed by atoms with Crippen molar-refractivity contribution in [2.75, 3.05) is 13.2 Å². The number of hydrogen-bond donors (Lipinski definition) is 3. The van der Waals surface area contributed by atoms with Crippen LogP contribution in [0.25, 0.3) is 0 Å². The Morgan fingerprint density at radius 1 is 1.12 bits per heavy atom. The van der Waals surface area contributed by atoms with Crippen LogP contribution in [0.15, 0.2) is 87.6 Å². The van der Waals surface area contributed by atoms with Crippen molar-refractivity contribution >= 4 is 51.4 Å². The van der Waals surface area contributed by atoms with Gasteiger partial charge in [0.2, 0.25) is 0 Å². The maximum atomic E-state index is 12.7. The van der Waals surface area contributed by atoms with Gasteiger partial charge in [-0.05, 0) is 56.4 Å². The summed E-state index contributed by atoms with van der Waals surface area (Å²) in [5, 5.41) is 19.8. The predicted octanol–water partition coefficient (Wildman–Crippen LogP) is 4.78. The van der Waals surface area contributed by atoms with Gasteiger partial charge in [0.05, 0.1) is 36.1 Å². The minimum absolute atomic E-state index is 0.190. The normalized spacial score (nSPS) is 14.4. The van der Waals surface area contributed by atoms with Gasteiger partial charge in [-0.3, -0.25) is 4.79 Å². The summed E-state index contributed by atoms with van der Waals surface area (Å²) in [5.41, 5.74) is 5.90. The molecule has 1 aliphatic heterocycles. The molecule has 0 aliphatic carbocycles. The summed E-state index contributed by atoms with van der Waals surface area (Å²) in [7, 11) is 0. The molecule has 0 saturated heterocycles. The minimum Gasteiger partial charge on any atom is -0.488 e. The van der Waals surface area contributed by atoms with E-state index in [2.05, 4.69) is 43.2 Å². The highest BCUT2D eigenvalue weighted by atomic mass is 79.9. The van der Waals surface area contributed by atoms with Crippen LogP contribution in [-0.2, 0) is 20.9 Å². The molecule has 1 heterocycles. The van der Waals surface area contributed by atoms with Crippen molar-refractivity contribution in [1.29, 1.82) is 5.26 Å². The van der Waals surface area contributed by atoms with E-state index in [4.69, 9.17) is 26.4 Å². The average Bonchev–Trinajstić information content (AvgIpc) is 2.99. The molecule has 0 bridgehead atoms. The quantitative estimate of drug-likeness (QED) is 0.115. The fourth-order valence-corrected chi connectivity index (χ4v) is 4.92. The molecule has 0 unspecified atom stereocenters. The first-order chi connectivity index (χ1) is 20.8. The number of nitriles is 1. The number of carbonyl (C=O) groups excluding carboxylic acids is 2. The second-order valence-corrected chi connectivity index (χ2v) is 10.5. The topological polar surface area (TPSA) is 134 Å². The fraction of sp³-hybridized carbons (Fsp3) is 0.194. The Labute approximate surface area is 262 Å². The molecule has 0 radical (unpaired) electrons. The Bertz CT molecular complexity index is 1630. The van der Waals surface area contributed by atoms with Crippen LogP contribution in [0, 0.1) is 11.3 Å². The number of hydrazone groups is 1. The Morgan fingerprint density at radius 2 is 1.88 bits per heavy atom. The van der Waals surface area contributed by atoms with Crippen molar-refractivity contribution in [1.82, 2.24) is 16.1 Å². The molecular weight excluding hydrogens is 634 g/mol. The number of thiocarbonyl (C=S) groups is 1. The van der Waals surface area contributed by atoms with Crippen LogP contribution in [-0.4, -0.2) is 36.4 Å². The van der Waals surface area contributed by atoms with Gasteiger partial charge in [-0.15, -0.1) is 0 Å². The zero-order valence-electron chi connectivity index (χ0n) is 23.3. The van der Waals surface area contributed by atoms with Crippen molar-refractivity contribution in [2.45, 2.75) is 26.5 Å². The molecule has 4 rings (SSSR count). The van der Waals surface area contributed by atoms with E-state index in [-0.39, 0.29) is 19.8 Å². The van der Waals surface area contributed by atoms with Gasteiger partial charge in [-0.25, -0.2) is 10.2 Å². The van der Waals surface area contributed by atoms with Crippen molar-refractivity contribution < 1.29 is 23.8 Å². The van der Waals surface area contributed by atoms with Crippen LogP contribution < -0.4 is 25.5 Å². The maximum absolute atomic E-state index is 12.7. The van der Waals surface area contributed by atoms with Crippen LogP contribution in [0.3, 0.4) is 0 Å². The van der Waals surface area contributed by atoms with Gasteiger partial charge in [0.1, 0.15) is 18.1 Å². The maximum Gasteiger partial charge on any atom is 0.338 e. The summed E-state index contributed by atoms with van der Waals surface area (Å²) in [4.78, 5) is 25.4. The number of rotatable bonds is 11. The third-order valence-electron chi connectivity index (χ3n) is 6.24. The molecule has 43 heavy (non-hydrogen) atoms. The molecule has 10 nitrogen and oxygen atoms in total. The van der Waals surface area contributed by atoms with Crippen molar-refractivity contribution in [3.63, 3.8) is 0 Å². The Balaban J connectivity index is 1.42. The van der Waals surface area contributed by atoms with E-state index < -0.39 is 17.9 Å². The number of esters is 1. The van der Waals surface area contributed by atoms with E-state index in [1.165, 1.54) is 6.21 Å². The lowest BCUT2D eigenvalue weighted by atomic mass is 9.95. The molecule has 220 valence electrons. The van der Waals surface area contributed by atoms with Crippen LogP contribution in [0.4, 0.5) is 0 Å². The zero-order valence-corrected chi connectivity index (χ0v) is 25.8. The highest BCUT2D eigenvalue weighted by Gasteiger charge is 2.32. The summed E-state index contributed by atoms with van der Waals surface area (Å²) in [5.74, 6) is -0.0804. The second-order valence-electron chi connectivity index (χ2n) is 9.15. The fourth-order valence-electron chi connectivity index (χ4n) is 4.27. The van der Waals surface area contributed by atoms with Gasteiger partial charge in [0.25, 0.3) is 5.91 Å². The highest BCUT2D eigenvalue weighted by molar-refractivity contribution is 9.10. The lowest BCUT2D eigenvalue weighted by molar-refractivity contribution is -0.139. The molecule has 3 N–H and O–H groups in total. The molecule has 0 spiro atoms. The van der Waals surface area contributed by atoms with Gasteiger partial charge >= 0.3 is 5.97 Å². The van der Waals surface area contributed by atoms with Crippen LogP contribution >= 0.6 is 28.1 Å². The molecule has 1 atom stereocenters. The van der Waals surface area contributed by atoms with Gasteiger partial charge < -0.3 is 24.8 Å². The summed E-state index contributed by atoms with van der Waals surface area (Å²) in [6.45, 7) is 3.54. The molecular formula is C31H28BrN5O5S. The number of nitrogens with zero attached hydrogens (tertiary/aromatic N) is 2. The molecule has 0 aromatic heterocycles. The van der Waals surface area contributed by atoms with Crippen molar-refractivity contribution in [3.05, 3.63) is 105 Å². The van der Waals surface area contributed by atoms with Crippen LogP contribution in [0.5, 0.6) is 11.5 Å². The third kappa shape index (κ3) is 8.18. The number of carbonyl (C=O) groups is 2. The SMILES string of the molecule is CCOC(=O)C1=C(C)NC(=S)N[C@@H]1c1ccccc1OCC(=O)NN=Cc1cc(Br)ccc1OCc1ccccc1C#N. The monoisotopic (exact) mass is 661 g/mol. The van der Waals surface area contributed by atoms with E-state index in [0.29, 0.717) is 44.6 Å². The van der Waals surface area contributed by atoms with E-state index in [9.17, 15) is 14.9 Å². The first kappa shape index (κ1) is 31.2. The van der Waals surface area contributed by atoms with Gasteiger partial charge in [-0.1, -0.05) is 52.3 Å². The standard InChI is InChI=1S/C31H28BrN5O5S/c1-3-40-30(39)28-19(2)35-31(43)36-29(28)24-10-6-7-11-26(24)42-18-27(38)37-34-16-22-14-23(32)12-13-25(22)41-17-21-9-5-4-8-20(21)15-33/h4-14,16,29H,3,17-18H2,1-2H3,(H,37,38)(H2,35,36,43)/t29-/m1/s1. The Hall–Kier alpha value is -4.73. The summed E-state index contributed by atoms with van der Waals surface area (Å²) in [6, 6.07) is 21.1. The Kier molecular flexibility index (Phi) is 10.9. The second kappa shape index (κ2) is 14.9. The van der Waals surface area contributed by atoms with Crippen molar-refractivity contribution in [3.8, 4) is 17.6 Å². The average molecular weight is 663 g/mol. The van der Waals surface area contributed by atoms with E-state index in [1.807, 2.05) is 18.2 Å². The van der Waals surface area contributed by atoms with Crippen molar-refractivity contribution in [2.24, 2.45) is 5.10 Å². The number of nitrogens with one attached hydrogen (secondary N) is 3. The summed E-state index contributed by atoms with van der Waals surface area (Å²) < 4.78 is 17.8. The van der Waals surface area contributed by atoms with E-state index in [0.717, 1.165) is 10.0 Å². The number of benzene rings is 3. The number of allylic oxidation sites excluding steroid dienone is 1. The first-order valence-electron chi connectivity index (χ1n) is 13.2. The van der Waals surface area contributed by atoms with Gasteiger partial charge in [-0.2, -0.15) is 10.4 Å². The number of ether oxygens (including phenoxy) is 3. The summed E-state index contributed by atoms with van der Waals surface area (Å²) >= 11 is 8.76. The predicted molar refractivity (Wildman–Crippen MR) is 168 cm³/mol. The van der Waals surface area contributed by atoms with E-state index in [1.54, 1.807) is 62.4 Å². The van der Waals surface area contributed by atoms with Gasteiger partial charge in [0, 0.05) is 26.9 Å². The van der Waals surface area contributed by atoms with Crippen LogP contribution in [0.1, 0.15) is 42.1 Å². The van der Waals surface area contributed by atoms with Crippen LogP contribution in [0.2, 0.25) is 0 Å².